The van der Waals surface area contributed by atoms with Gasteiger partial charge in [0.25, 0.3) is 0 Å². The van der Waals surface area contributed by atoms with E-state index >= 15 is 0 Å². The van der Waals surface area contributed by atoms with Gasteiger partial charge in [-0.25, -0.2) is 15.2 Å². The van der Waals surface area contributed by atoms with Crippen LogP contribution >= 0.6 is 11.3 Å². The smallest absolute Gasteiger partial charge is 0.416 e. The highest BCUT2D eigenvalue weighted by Crippen LogP contribution is 2.32. The molecule has 3 aromatic rings. The lowest BCUT2D eigenvalue weighted by Gasteiger charge is -2.11. The Morgan fingerprint density at radius 3 is 2.69 bits per heavy atom. The standard InChI is InChI=1S/C23H21F3N4O5S/c1-2-34-19-8-14(6-7-18(19)35-12-21(32)33)11-27-30-20(31)10-17-13-36-22(29-17)28-16-5-3-4-15(9-16)23(24,25)26/h3-9,11,13H,2,10,12H2,1H3,(H,28,29)(H,30,31)(H,32,33)/b27-11-. The van der Waals surface area contributed by atoms with Crippen molar-refractivity contribution in [1.82, 2.24) is 10.4 Å². The van der Waals surface area contributed by atoms with Gasteiger partial charge in [-0.1, -0.05) is 6.07 Å². The number of aliphatic carboxylic acids is 1. The van der Waals surface area contributed by atoms with E-state index in [4.69, 9.17) is 14.6 Å². The van der Waals surface area contributed by atoms with E-state index in [-0.39, 0.29) is 17.9 Å². The molecule has 9 nitrogen and oxygen atoms in total. The summed E-state index contributed by atoms with van der Waals surface area (Å²) >= 11 is 1.15. The van der Waals surface area contributed by atoms with Gasteiger partial charge < -0.3 is 19.9 Å². The van der Waals surface area contributed by atoms with Crippen molar-refractivity contribution in [2.45, 2.75) is 19.5 Å². The van der Waals surface area contributed by atoms with E-state index in [1.807, 2.05) is 0 Å². The molecule has 0 aliphatic carbocycles. The molecule has 0 atom stereocenters. The monoisotopic (exact) mass is 522 g/mol. The summed E-state index contributed by atoms with van der Waals surface area (Å²) in [6.45, 7) is 1.58. The van der Waals surface area contributed by atoms with Crippen molar-refractivity contribution in [2.75, 3.05) is 18.5 Å². The summed E-state index contributed by atoms with van der Waals surface area (Å²) in [7, 11) is 0. The zero-order valence-electron chi connectivity index (χ0n) is 18.8. The van der Waals surface area contributed by atoms with Gasteiger partial charge in [0.15, 0.2) is 23.2 Å². The molecule has 1 amide bonds. The lowest BCUT2D eigenvalue weighted by molar-refractivity contribution is -0.139. The number of carbonyl (C=O) groups is 2. The third-order valence-electron chi connectivity index (χ3n) is 4.36. The number of halogens is 3. The number of hydrazone groups is 1. The van der Waals surface area contributed by atoms with Crippen LogP contribution < -0.4 is 20.2 Å². The molecule has 0 radical (unpaired) electrons. The van der Waals surface area contributed by atoms with E-state index in [0.717, 1.165) is 23.5 Å². The summed E-state index contributed by atoms with van der Waals surface area (Å²) in [6, 6.07) is 9.46. The predicted molar refractivity (Wildman–Crippen MR) is 127 cm³/mol. The molecule has 1 aromatic heterocycles. The summed E-state index contributed by atoms with van der Waals surface area (Å²) < 4.78 is 49.2. The summed E-state index contributed by atoms with van der Waals surface area (Å²) in [5, 5.41) is 17.4. The van der Waals surface area contributed by atoms with Crippen molar-refractivity contribution >= 4 is 40.2 Å². The Hall–Kier alpha value is -4.13. The van der Waals surface area contributed by atoms with Crippen LogP contribution in [0.5, 0.6) is 11.5 Å². The zero-order valence-corrected chi connectivity index (χ0v) is 19.7. The summed E-state index contributed by atoms with van der Waals surface area (Å²) in [5.41, 5.74) is 2.81. The number of carboxylic acid groups (broad SMARTS) is 1. The van der Waals surface area contributed by atoms with Crippen LogP contribution in [0.2, 0.25) is 0 Å². The van der Waals surface area contributed by atoms with E-state index in [0.29, 0.717) is 28.7 Å². The van der Waals surface area contributed by atoms with Crippen LogP contribution in [0.1, 0.15) is 23.7 Å². The van der Waals surface area contributed by atoms with Gasteiger partial charge in [-0.15, -0.1) is 11.3 Å². The lowest BCUT2D eigenvalue weighted by atomic mass is 10.2. The molecule has 2 aromatic carbocycles. The number of benzene rings is 2. The number of carbonyl (C=O) groups excluding carboxylic acids is 1. The molecule has 0 bridgehead atoms. The van der Waals surface area contributed by atoms with Gasteiger partial charge in [-0.05, 0) is 48.9 Å². The molecule has 0 aliphatic rings. The number of anilines is 2. The molecule has 3 N–H and O–H groups in total. The third-order valence-corrected chi connectivity index (χ3v) is 5.16. The van der Waals surface area contributed by atoms with Crippen LogP contribution in [-0.2, 0) is 22.2 Å². The first-order valence-corrected chi connectivity index (χ1v) is 11.3. The molecule has 190 valence electrons. The highest BCUT2D eigenvalue weighted by molar-refractivity contribution is 7.13. The van der Waals surface area contributed by atoms with Gasteiger partial charge in [0.1, 0.15) is 0 Å². The van der Waals surface area contributed by atoms with E-state index in [1.165, 1.54) is 24.4 Å². The van der Waals surface area contributed by atoms with Crippen LogP contribution in [0.25, 0.3) is 0 Å². The number of rotatable bonds is 11. The van der Waals surface area contributed by atoms with E-state index in [1.54, 1.807) is 24.4 Å². The average Bonchev–Trinajstić information content (AvgIpc) is 3.24. The third kappa shape index (κ3) is 7.98. The van der Waals surface area contributed by atoms with E-state index < -0.39 is 30.2 Å². The molecule has 0 saturated carbocycles. The number of ether oxygens (including phenoxy) is 2. The minimum atomic E-state index is -4.45. The molecule has 3 rings (SSSR count). The van der Waals surface area contributed by atoms with Crippen LogP contribution in [-0.4, -0.2) is 41.4 Å². The summed E-state index contributed by atoms with van der Waals surface area (Å²) in [4.78, 5) is 27.1. The molecule has 0 saturated heterocycles. The maximum atomic E-state index is 12.9. The van der Waals surface area contributed by atoms with Crippen molar-refractivity contribution in [3.05, 3.63) is 64.7 Å². The Balaban J connectivity index is 1.55. The second-order valence-corrected chi connectivity index (χ2v) is 8.00. The lowest BCUT2D eigenvalue weighted by Crippen LogP contribution is -2.20. The maximum absolute atomic E-state index is 12.9. The zero-order chi connectivity index (χ0) is 26.1. The van der Waals surface area contributed by atoms with Crippen LogP contribution in [0.4, 0.5) is 24.0 Å². The quantitative estimate of drug-likeness (QED) is 0.251. The largest absolute Gasteiger partial charge is 0.490 e. The Labute approximate surface area is 207 Å². The predicted octanol–water partition coefficient (Wildman–Crippen LogP) is 4.46. The normalized spacial score (nSPS) is 11.3. The molecule has 0 unspecified atom stereocenters. The molecule has 0 spiro atoms. The highest BCUT2D eigenvalue weighted by atomic mass is 32.1. The Kier molecular flexibility index (Phi) is 8.84. The minimum Gasteiger partial charge on any atom is -0.490 e. The highest BCUT2D eigenvalue weighted by Gasteiger charge is 2.30. The Morgan fingerprint density at radius 1 is 1.17 bits per heavy atom. The number of amides is 1. The first-order chi connectivity index (χ1) is 17.1. The molecule has 1 heterocycles. The van der Waals surface area contributed by atoms with Crippen LogP contribution in [0, 0.1) is 0 Å². The molecule has 0 fully saturated rings. The van der Waals surface area contributed by atoms with Crippen molar-refractivity contribution in [2.24, 2.45) is 5.10 Å². The number of alkyl halides is 3. The van der Waals surface area contributed by atoms with Crippen LogP contribution in [0.3, 0.4) is 0 Å². The van der Waals surface area contributed by atoms with E-state index in [2.05, 4.69) is 20.8 Å². The second kappa shape index (κ2) is 12.0. The number of thiazole rings is 1. The average molecular weight is 523 g/mol. The first kappa shape index (κ1) is 26.5. The summed E-state index contributed by atoms with van der Waals surface area (Å²) in [5.74, 6) is -0.978. The fourth-order valence-electron chi connectivity index (χ4n) is 2.86. The first-order valence-electron chi connectivity index (χ1n) is 10.5. The van der Waals surface area contributed by atoms with Crippen molar-refractivity contribution in [3.63, 3.8) is 0 Å². The SMILES string of the molecule is CCOc1cc(/C=N\NC(=O)Cc2csc(Nc3cccc(C(F)(F)F)c3)n2)ccc1OCC(=O)O. The molecular weight excluding hydrogens is 501 g/mol. The second-order valence-electron chi connectivity index (χ2n) is 7.14. The van der Waals surface area contributed by atoms with E-state index in [9.17, 15) is 22.8 Å². The molecule has 0 aliphatic heterocycles. The molecule has 13 heteroatoms. The minimum absolute atomic E-state index is 0.0930. The Morgan fingerprint density at radius 2 is 1.97 bits per heavy atom. The number of hydrogen-bond acceptors (Lipinski definition) is 8. The fraction of sp³-hybridized carbons (Fsp3) is 0.217. The maximum Gasteiger partial charge on any atom is 0.416 e. The van der Waals surface area contributed by atoms with Crippen molar-refractivity contribution < 1.29 is 37.3 Å². The topological polar surface area (TPSA) is 122 Å². The molecule has 36 heavy (non-hydrogen) atoms. The van der Waals surface area contributed by atoms with Gasteiger partial charge in [-0.3, -0.25) is 4.79 Å². The van der Waals surface area contributed by atoms with Gasteiger partial charge in [0.2, 0.25) is 5.91 Å². The number of nitrogens with one attached hydrogen (secondary N) is 2. The van der Waals surface area contributed by atoms with Gasteiger partial charge in [0.05, 0.1) is 30.5 Å². The van der Waals surface area contributed by atoms with Crippen molar-refractivity contribution in [1.29, 1.82) is 0 Å². The summed E-state index contributed by atoms with van der Waals surface area (Å²) in [6.07, 6.45) is -3.17. The van der Waals surface area contributed by atoms with Crippen LogP contribution in [0.15, 0.2) is 52.9 Å². The number of carboxylic acids is 1. The fourth-order valence-corrected chi connectivity index (χ4v) is 3.59. The van der Waals surface area contributed by atoms with Gasteiger partial charge in [0, 0.05) is 11.1 Å². The van der Waals surface area contributed by atoms with Gasteiger partial charge >= 0.3 is 12.1 Å². The number of nitrogens with zero attached hydrogens (tertiary/aromatic N) is 2. The molecular formula is C23H21F3N4O5S. The van der Waals surface area contributed by atoms with Gasteiger partial charge in [-0.2, -0.15) is 18.3 Å². The number of aromatic nitrogens is 1. The van der Waals surface area contributed by atoms with Crippen molar-refractivity contribution in [3.8, 4) is 11.5 Å². The number of hydrogen-bond donors (Lipinski definition) is 3. The Bertz CT molecular complexity index is 1250.